The number of likely N-dealkylation sites (tertiary alicyclic amines) is 1. The zero-order valence-electron chi connectivity index (χ0n) is 17.0. The van der Waals surface area contributed by atoms with Crippen LogP contribution in [0.1, 0.15) is 19.3 Å². The number of aryl methyl sites for hydroxylation is 1. The minimum absolute atomic E-state index is 0.0719. The van der Waals surface area contributed by atoms with Crippen molar-refractivity contribution in [1.29, 1.82) is 0 Å². The maximum Gasteiger partial charge on any atom is 0.308 e. The van der Waals surface area contributed by atoms with Crippen molar-refractivity contribution in [3.05, 3.63) is 53.0 Å². The normalized spacial score (nSPS) is 14.7. The number of piperidine rings is 1. The summed E-state index contributed by atoms with van der Waals surface area (Å²) >= 11 is 0. The van der Waals surface area contributed by atoms with Gasteiger partial charge in [0, 0.05) is 26.1 Å². The molecule has 1 aromatic carbocycles. The van der Waals surface area contributed by atoms with Crippen LogP contribution in [0.5, 0.6) is 0 Å². The zero-order chi connectivity index (χ0) is 22.0. The van der Waals surface area contributed by atoms with Crippen LogP contribution in [0.15, 0.2) is 41.6 Å². The number of fused-ring (bicyclic) bond motifs is 1. The third-order valence-corrected chi connectivity index (χ3v) is 5.57. The summed E-state index contributed by atoms with van der Waals surface area (Å²) in [5.74, 6) is -0.841. The fourth-order valence-electron chi connectivity index (χ4n) is 3.78. The van der Waals surface area contributed by atoms with Crippen molar-refractivity contribution < 1.29 is 18.7 Å². The fraction of sp³-hybridized carbons (Fsp3) is 0.381. The summed E-state index contributed by atoms with van der Waals surface area (Å²) in [6, 6.07) is 5.72. The first-order chi connectivity index (χ1) is 15.0. The van der Waals surface area contributed by atoms with E-state index in [-0.39, 0.29) is 42.1 Å². The van der Waals surface area contributed by atoms with E-state index in [1.807, 2.05) is 0 Å². The van der Waals surface area contributed by atoms with Crippen molar-refractivity contribution in [2.75, 3.05) is 20.2 Å². The number of hydrogen-bond acceptors (Lipinski definition) is 6. The Morgan fingerprint density at radius 2 is 1.90 bits per heavy atom. The Kier molecular flexibility index (Phi) is 5.79. The van der Waals surface area contributed by atoms with Gasteiger partial charge in [-0.15, -0.1) is 0 Å². The molecule has 9 nitrogen and oxygen atoms in total. The van der Waals surface area contributed by atoms with Gasteiger partial charge < -0.3 is 9.64 Å². The largest absolute Gasteiger partial charge is 0.469 e. The van der Waals surface area contributed by atoms with E-state index < -0.39 is 0 Å². The van der Waals surface area contributed by atoms with Crippen molar-refractivity contribution in [3.63, 3.8) is 0 Å². The summed E-state index contributed by atoms with van der Waals surface area (Å²) in [5, 5.41) is 4.52. The Hall–Kier alpha value is -3.56. The Bertz CT molecular complexity index is 1160. The summed E-state index contributed by atoms with van der Waals surface area (Å²) in [5.41, 5.74) is 0.659. The second kappa shape index (κ2) is 8.66. The molecule has 0 unspecified atom stereocenters. The highest BCUT2D eigenvalue weighted by atomic mass is 19.1. The van der Waals surface area contributed by atoms with Gasteiger partial charge in [0.1, 0.15) is 11.2 Å². The van der Waals surface area contributed by atoms with Crippen LogP contribution in [0.3, 0.4) is 0 Å². The standard InChI is InChI=1S/C21H22FN5O4/c1-31-21(30)14-6-9-25(10-7-14)18(28)8-11-26-13-23-19-17(20(26)29)12-24-27(19)16-4-2-15(22)3-5-16/h2-5,12-14H,6-11H2,1H3. The summed E-state index contributed by atoms with van der Waals surface area (Å²) in [4.78, 5) is 43.0. The second-order valence-corrected chi connectivity index (χ2v) is 7.44. The minimum Gasteiger partial charge on any atom is -0.469 e. The molecule has 1 aliphatic rings. The van der Waals surface area contributed by atoms with E-state index in [1.54, 1.807) is 17.0 Å². The molecule has 4 rings (SSSR count). The number of aromatic nitrogens is 4. The van der Waals surface area contributed by atoms with Gasteiger partial charge in [0.25, 0.3) is 5.56 Å². The van der Waals surface area contributed by atoms with Crippen LogP contribution >= 0.6 is 0 Å². The number of halogens is 1. The van der Waals surface area contributed by atoms with Crippen LogP contribution in [0.4, 0.5) is 4.39 Å². The minimum atomic E-state index is -0.366. The van der Waals surface area contributed by atoms with Gasteiger partial charge in [-0.05, 0) is 37.1 Å². The molecule has 10 heteroatoms. The predicted octanol–water partition coefficient (Wildman–Crippen LogP) is 1.52. The van der Waals surface area contributed by atoms with Crippen molar-refractivity contribution in [2.24, 2.45) is 5.92 Å². The highest BCUT2D eigenvalue weighted by molar-refractivity contribution is 5.77. The lowest BCUT2D eigenvalue weighted by Gasteiger charge is -2.30. The molecular weight excluding hydrogens is 405 g/mol. The molecule has 1 fully saturated rings. The van der Waals surface area contributed by atoms with E-state index in [2.05, 4.69) is 10.1 Å². The monoisotopic (exact) mass is 427 g/mol. The summed E-state index contributed by atoms with van der Waals surface area (Å²) in [7, 11) is 1.37. The third kappa shape index (κ3) is 4.18. The first-order valence-corrected chi connectivity index (χ1v) is 10.0. The molecule has 0 atom stereocenters. The summed E-state index contributed by atoms with van der Waals surface area (Å²) in [6.07, 6.45) is 4.12. The molecule has 0 aliphatic carbocycles. The van der Waals surface area contributed by atoms with Gasteiger partial charge >= 0.3 is 5.97 Å². The van der Waals surface area contributed by atoms with Crippen LogP contribution in [-0.2, 0) is 20.9 Å². The van der Waals surface area contributed by atoms with Crippen LogP contribution in [0.2, 0.25) is 0 Å². The number of methoxy groups -OCH3 is 1. The summed E-state index contributed by atoms with van der Waals surface area (Å²) in [6.45, 7) is 1.18. The maximum atomic E-state index is 13.2. The van der Waals surface area contributed by atoms with Gasteiger partial charge in [-0.3, -0.25) is 19.0 Å². The van der Waals surface area contributed by atoms with Gasteiger partial charge in [0.05, 0.1) is 31.2 Å². The number of carbonyl (C=O) groups is 2. The van der Waals surface area contributed by atoms with Crippen molar-refractivity contribution in [3.8, 4) is 5.69 Å². The maximum absolute atomic E-state index is 13.2. The van der Waals surface area contributed by atoms with E-state index in [1.165, 1.54) is 41.0 Å². The molecule has 0 spiro atoms. The van der Waals surface area contributed by atoms with Crippen molar-refractivity contribution in [1.82, 2.24) is 24.2 Å². The third-order valence-electron chi connectivity index (χ3n) is 5.57. The Morgan fingerprint density at radius 1 is 1.19 bits per heavy atom. The predicted molar refractivity (Wildman–Crippen MR) is 109 cm³/mol. The zero-order valence-corrected chi connectivity index (χ0v) is 17.0. The van der Waals surface area contributed by atoms with Crippen LogP contribution in [-0.4, -0.2) is 56.3 Å². The lowest BCUT2D eigenvalue weighted by molar-refractivity contribution is -0.148. The average Bonchev–Trinajstić information content (AvgIpc) is 3.23. The van der Waals surface area contributed by atoms with Crippen molar-refractivity contribution >= 4 is 22.9 Å². The van der Waals surface area contributed by atoms with Gasteiger partial charge in [-0.25, -0.2) is 14.1 Å². The van der Waals surface area contributed by atoms with Crippen LogP contribution in [0, 0.1) is 11.7 Å². The molecule has 0 radical (unpaired) electrons. The van der Waals surface area contributed by atoms with E-state index in [0.29, 0.717) is 42.7 Å². The van der Waals surface area contributed by atoms with E-state index in [0.717, 1.165) is 0 Å². The highest BCUT2D eigenvalue weighted by Crippen LogP contribution is 2.19. The quantitative estimate of drug-likeness (QED) is 0.573. The van der Waals surface area contributed by atoms with Gasteiger partial charge in [0.2, 0.25) is 5.91 Å². The first-order valence-electron chi connectivity index (χ1n) is 10.0. The number of esters is 1. The lowest BCUT2D eigenvalue weighted by Crippen LogP contribution is -2.41. The Labute approximate surface area is 177 Å². The number of ether oxygens (including phenoxy) is 1. The van der Waals surface area contributed by atoms with E-state index in [4.69, 9.17) is 4.74 Å². The number of rotatable bonds is 5. The Balaban J connectivity index is 1.43. The molecule has 3 heterocycles. The fourth-order valence-corrected chi connectivity index (χ4v) is 3.78. The lowest BCUT2D eigenvalue weighted by atomic mass is 9.97. The van der Waals surface area contributed by atoms with Gasteiger partial charge in [-0.1, -0.05) is 0 Å². The topological polar surface area (TPSA) is 99.3 Å². The van der Waals surface area contributed by atoms with Gasteiger partial charge in [0.15, 0.2) is 5.65 Å². The molecule has 0 saturated carbocycles. The SMILES string of the molecule is COC(=O)C1CCN(C(=O)CCn2cnc3c(cnn3-c3ccc(F)cc3)c2=O)CC1. The molecule has 0 N–H and O–H groups in total. The molecule has 1 aliphatic heterocycles. The number of carbonyl (C=O) groups excluding carboxylic acids is 2. The molecule has 0 bridgehead atoms. The number of hydrogen-bond donors (Lipinski definition) is 0. The first kappa shape index (κ1) is 20.7. The van der Waals surface area contributed by atoms with Gasteiger partial charge in [-0.2, -0.15) is 5.10 Å². The molecule has 2 aromatic heterocycles. The molecule has 31 heavy (non-hydrogen) atoms. The number of amides is 1. The number of nitrogens with zero attached hydrogens (tertiary/aromatic N) is 5. The smallest absolute Gasteiger partial charge is 0.308 e. The summed E-state index contributed by atoms with van der Waals surface area (Å²) < 4.78 is 20.8. The second-order valence-electron chi connectivity index (χ2n) is 7.44. The highest BCUT2D eigenvalue weighted by Gasteiger charge is 2.27. The average molecular weight is 427 g/mol. The number of benzene rings is 1. The van der Waals surface area contributed by atoms with Crippen LogP contribution in [0.25, 0.3) is 16.7 Å². The molecule has 162 valence electrons. The Morgan fingerprint density at radius 3 is 2.58 bits per heavy atom. The molecule has 1 amide bonds. The molecule has 3 aromatic rings. The van der Waals surface area contributed by atoms with E-state index >= 15 is 0 Å². The van der Waals surface area contributed by atoms with Crippen LogP contribution < -0.4 is 5.56 Å². The molecular formula is C21H22FN5O4. The van der Waals surface area contributed by atoms with Crippen molar-refractivity contribution in [2.45, 2.75) is 25.8 Å². The molecule has 1 saturated heterocycles. The van der Waals surface area contributed by atoms with E-state index in [9.17, 15) is 18.8 Å².